The fraction of sp³-hybridized carbons (Fsp3) is 0.647. The maximum Gasteiger partial charge on any atom is 0.331 e. The van der Waals surface area contributed by atoms with Crippen LogP contribution in [0.25, 0.3) is 0 Å². The van der Waals surface area contributed by atoms with Crippen LogP contribution in [-0.4, -0.2) is 110 Å². The van der Waals surface area contributed by atoms with Crippen LogP contribution in [0.4, 0.5) is 0 Å². The Hall–Kier alpha value is -2.46. The Morgan fingerprint density at radius 2 is 1.78 bits per heavy atom. The van der Waals surface area contributed by atoms with Gasteiger partial charge in [0.05, 0.1) is 6.42 Å². The van der Waals surface area contributed by atoms with Crippen LogP contribution in [-0.2, 0) is 23.9 Å². The number of carbonyl (C=O) groups excluding carboxylic acids is 3. The molecule has 0 aliphatic carbocycles. The number of aliphatic carboxylic acids is 1. The number of hydrogen-bond donors (Lipinski definition) is 2. The topological polar surface area (TPSA) is 119 Å². The molecule has 0 aromatic heterocycles. The van der Waals surface area contributed by atoms with Crippen molar-refractivity contribution < 1.29 is 29.0 Å². The van der Waals surface area contributed by atoms with Gasteiger partial charge in [-0.2, -0.15) is 0 Å². The molecule has 27 heavy (non-hydrogen) atoms. The van der Waals surface area contributed by atoms with Gasteiger partial charge in [0.25, 0.3) is 5.91 Å². The molecule has 0 spiro atoms. The molecule has 1 atom stereocenters. The highest BCUT2D eigenvalue weighted by molar-refractivity contribution is 5.94. The summed E-state index contributed by atoms with van der Waals surface area (Å²) in [7, 11) is 5.67. The van der Waals surface area contributed by atoms with Crippen molar-refractivity contribution in [1.82, 2.24) is 20.0 Å². The van der Waals surface area contributed by atoms with E-state index in [1.807, 2.05) is 26.0 Å². The third kappa shape index (κ3) is 9.15. The van der Waals surface area contributed by atoms with Crippen LogP contribution in [0.15, 0.2) is 12.2 Å². The van der Waals surface area contributed by atoms with Crippen molar-refractivity contribution in [3.05, 3.63) is 12.2 Å². The Morgan fingerprint density at radius 3 is 2.33 bits per heavy atom. The van der Waals surface area contributed by atoms with E-state index in [4.69, 9.17) is 9.84 Å². The highest BCUT2D eigenvalue weighted by atomic mass is 16.5. The lowest BCUT2D eigenvalue weighted by molar-refractivity contribution is -0.159. The zero-order chi connectivity index (χ0) is 20.4. The molecule has 1 saturated heterocycles. The van der Waals surface area contributed by atoms with Crippen molar-refractivity contribution in [3.8, 4) is 0 Å². The van der Waals surface area contributed by atoms with E-state index in [0.717, 1.165) is 6.08 Å². The molecule has 1 fully saturated rings. The van der Waals surface area contributed by atoms with E-state index in [2.05, 4.69) is 10.2 Å². The van der Waals surface area contributed by atoms with Crippen molar-refractivity contribution >= 4 is 23.8 Å². The number of piperazine rings is 1. The van der Waals surface area contributed by atoms with Gasteiger partial charge in [-0.1, -0.05) is 0 Å². The van der Waals surface area contributed by atoms with E-state index in [9.17, 15) is 19.2 Å². The van der Waals surface area contributed by atoms with Crippen LogP contribution in [0, 0.1) is 0 Å². The highest BCUT2D eigenvalue weighted by Crippen LogP contribution is 2.09. The van der Waals surface area contributed by atoms with E-state index >= 15 is 0 Å². The van der Waals surface area contributed by atoms with Gasteiger partial charge < -0.3 is 29.9 Å². The van der Waals surface area contributed by atoms with Gasteiger partial charge in [-0.05, 0) is 21.1 Å². The number of nitrogens with zero attached hydrogens (tertiary/aromatic N) is 3. The summed E-state index contributed by atoms with van der Waals surface area (Å²) in [5.74, 6) is -3.16. The van der Waals surface area contributed by atoms with Gasteiger partial charge in [0.1, 0.15) is 0 Å². The number of likely N-dealkylation sites (N-methyl/N-ethyl adjacent to an activating group) is 2. The van der Waals surface area contributed by atoms with Crippen LogP contribution < -0.4 is 5.32 Å². The van der Waals surface area contributed by atoms with E-state index in [1.54, 1.807) is 4.90 Å². The molecule has 1 heterocycles. The Labute approximate surface area is 158 Å². The fourth-order valence-electron chi connectivity index (χ4n) is 2.39. The second kappa shape index (κ2) is 11.3. The molecule has 0 aromatic carbocycles. The number of amides is 2. The number of carbonyl (C=O) groups is 4. The average molecular weight is 384 g/mol. The molecule has 10 heteroatoms. The van der Waals surface area contributed by atoms with Crippen molar-refractivity contribution in [2.45, 2.75) is 12.5 Å². The third-order valence-electron chi connectivity index (χ3n) is 3.96. The summed E-state index contributed by atoms with van der Waals surface area (Å²) in [6, 6.07) is 0. The molecule has 2 amide bonds. The molecule has 1 rings (SSSR count). The smallest absolute Gasteiger partial charge is 0.331 e. The number of esters is 1. The van der Waals surface area contributed by atoms with E-state index in [1.165, 1.54) is 0 Å². The molecule has 1 unspecified atom stereocenters. The standard InChI is InChI=1S/C17H28N4O6/c1-19(2)7-6-18-14(22)12-13(27-16(25)5-4-15(23)24)17(26)21-10-8-20(3)9-11-21/h4-5,13H,6-12H2,1-3H3,(H,18,22)(H,23,24). The monoisotopic (exact) mass is 384 g/mol. The largest absolute Gasteiger partial charge is 0.478 e. The normalized spacial score (nSPS) is 16.4. The minimum atomic E-state index is -1.31. The molecular weight excluding hydrogens is 356 g/mol. The summed E-state index contributed by atoms with van der Waals surface area (Å²) in [5.41, 5.74) is 0. The van der Waals surface area contributed by atoms with E-state index in [-0.39, 0.29) is 6.42 Å². The molecular formula is C17H28N4O6. The second-order valence-electron chi connectivity index (χ2n) is 6.58. The lowest BCUT2D eigenvalue weighted by Gasteiger charge is -2.34. The third-order valence-corrected chi connectivity index (χ3v) is 3.96. The quantitative estimate of drug-likeness (QED) is 0.360. The zero-order valence-corrected chi connectivity index (χ0v) is 16.0. The maximum atomic E-state index is 12.7. The predicted molar refractivity (Wildman–Crippen MR) is 96.9 cm³/mol. The van der Waals surface area contributed by atoms with Gasteiger partial charge in [-0.25, -0.2) is 9.59 Å². The number of nitrogens with one attached hydrogen (secondary N) is 1. The lowest BCUT2D eigenvalue weighted by atomic mass is 10.2. The summed E-state index contributed by atoms with van der Waals surface area (Å²) in [4.78, 5) is 52.6. The van der Waals surface area contributed by atoms with E-state index in [0.29, 0.717) is 45.3 Å². The Morgan fingerprint density at radius 1 is 1.15 bits per heavy atom. The number of rotatable bonds is 9. The minimum absolute atomic E-state index is 0.314. The fourth-order valence-corrected chi connectivity index (χ4v) is 2.39. The summed E-state index contributed by atoms with van der Waals surface area (Å²) in [5, 5.41) is 11.2. The first-order valence-corrected chi connectivity index (χ1v) is 8.69. The molecule has 1 aliphatic rings. The van der Waals surface area contributed by atoms with Crippen molar-refractivity contribution in [1.29, 1.82) is 0 Å². The Kier molecular flexibility index (Phi) is 9.45. The van der Waals surface area contributed by atoms with Gasteiger partial charge in [0, 0.05) is 51.4 Å². The maximum absolute atomic E-state index is 12.7. The lowest BCUT2D eigenvalue weighted by Crippen LogP contribution is -2.51. The second-order valence-corrected chi connectivity index (χ2v) is 6.58. The molecule has 0 aromatic rings. The van der Waals surface area contributed by atoms with Gasteiger partial charge in [0.2, 0.25) is 5.91 Å². The van der Waals surface area contributed by atoms with Gasteiger partial charge in [-0.3, -0.25) is 9.59 Å². The van der Waals surface area contributed by atoms with Crippen LogP contribution >= 0.6 is 0 Å². The molecule has 10 nitrogen and oxygen atoms in total. The minimum Gasteiger partial charge on any atom is -0.478 e. The summed E-state index contributed by atoms with van der Waals surface area (Å²) < 4.78 is 5.08. The summed E-state index contributed by atoms with van der Waals surface area (Å²) >= 11 is 0. The first-order chi connectivity index (χ1) is 12.7. The molecule has 2 N–H and O–H groups in total. The summed E-state index contributed by atoms with van der Waals surface area (Å²) in [6.07, 6.45) is -0.266. The SMILES string of the molecule is CN(C)CCNC(=O)CC(OC(=O)C=CC(=O)O)C(=O)N1CCN(C)CC1. The first kappa shape index (κ1) is 22.6. The average Bonchev–Trinajstić information content (AvgIpc) is 2.59. The Balaban J connectivity index is 2.72. The molecule has 0 bridgehead atoms. The van der Waals surface area contributed by atoms with Gasteiger partial charge in [-0.15, -0.1) is 0 Å². The number of carboxylic acid groups (broad SMARTS) is 1. The Bertz CT molecular complexity index is 570. The van der Waals surface area contributed by atoms with Crippen LogP contribution in [0.1, 0.15) is 6.42 Å². The van der Waals surface area contributed by atoms with Gasteiger partial charge in [0.15, 0.2) is 6.10 Å². The van der Waals surface area contributed by atoms with Crippen LogP contribution in [0.5, 0.6) is 0 Å². The number of hydrogen-bond acceptors (Lipinski definition) is 7. The highest BCUT2D eigenvalue weighted by Gasteiger charge is 2.31. The predicted octanol–water partition coefficient (Wildman–Crippen LogP) is -1.62. The first-order valence-electron chi connectivity index (χ1n) is 8.69. The summed E-state index contributed by atoms with van der Waals surface area (Å²) in [6.45, 7) is 3.33. The number of ether oxygens (including phenoxy) is 1. The molecule has 0 saturated carbocycles. The van der Waals surface area contributed by atoms with Crippen LogP contribution in [0.3, 0.4) is 0 Å². The van der Waals surface area contributed by atoms with E-state index < -0.39 is 29.9 Å². The van der Waals surface area contributed by atoms with Gasteiger partial charge >= 0.3 is 11.9 Å². The van der Waals surface area contributed by atoms with Crippen molar-refractivity contribution in [3.63, 3.8) is 0 Å². The molecule has 152 valence electrons. The van der Waals surface area contributed by atoms with Crippen LogP contribution in [0.2, 0.25) is 0 Å². The van der Waals surface area contributed by atoms with Crippen molar-refractivity contribution in [2.24, 2.45) is 0 Å². The zero-order valence-electron chi connectivity index (χ0n) is 16.0. The molecule has 0 radical (unpaired) electrons. The molecule has 1 aliphatic heterocycles. The number of carboxylic acids is 1. The van der Waals surface area contributed by atoms with Crippen molar-refractivity contribution in [2.75, 3.05) is 60.4 Å².